The van der Waals surface area contributed by atoms with Crippen LogP contribution in [0.5, 0.6) is 17.2 Å². The SMILES string of the molecule is COc1cc(OC)c(CC(C)N)cc1O. The van der Waals surface area contributed by atoms with Gasteiger partial charge in [0.2, 0.25) is 0 Å². The summed E-state index contributed by atoms with van der Waals surface area (Å²) in [6.45, 7) is 1.90. The van der Waals surface area contributed by atoms with Gasteiger partial charge in [0, 0.05) is 12.1 Å². The van der Waals surface area contributed by atoms with Gasteiger partial charge in [0.1, 0.15) is 5.75 Å². The van der Waals surface area contributed by atoms with Crippen LogP contribution in [-0.4, -0.2) is 25.4 Å². The second-order valence-electron chi connectivity index (χ2n) is 3.52. The lowest BCUT2D eigenvalue weighted by atomic mass is 10.1. The summed E-state index contributed by atoms with van der Waals surface area (Å²) in [6.07, 6.45) is 0.653. The van der Waals surface area contributed by atoms with E-state index in [9.17, 15) is 5.11 Å². The van der Waals surface area contributed by atoms with Crippen LogP contribution in [0.25, 0.3) is 0 Å². The molecule has 0 aliphatic carbocycles. The minimum Gasteiger partial charge on any atom is -0.504 e. The van der Waals surface area contributed by atoms with Crippen LogP contribution in [0.1, 0.15) is 12.5 Å². The highest BCUT2D eigenvalue weighted by molar-refractivity contribution is 5.50. The van der Waals surface area contributed by atoms with Crippen LogP contribution >= 0.6 is 0 Å². The molecule has 0 bridgehead atoms. The standard InChI is InChI=1S/C11H17NO3/c1-7(12)4-8-5-9(13)11(15-3)6-10(8)14-2/h5-7,13H,4,12H2,1-3H3. The number of aromatic hydroxyl groups is 1. The van der Waals surface area contributed by atoms with Crippen molar-refractivity contribution in [2.75, 3.05) is 14.2 Å². The van der Waals surface area contributed by atoms with E-state index in [0.29, 0.717) is 17.9 Å². The minimum atomic E-state index is 0.0201. The first-order valence-electron chi connectivity index (χ1n) is 4.78. The normalized spacial score (nSPS) is 12.3. The van der Waals surface area contributed by atoms with Crippen LogP contribution in [0.15, 0.2) is 12.1 Å². The number of benzene rings is 1. The number of nitrogens with two attached hydrogens (primary N) is 1. The number of phenolic OH excluding ortho intramolecular Hbond substituents is 1. The predicted octanol–water partition coefficient (Wildman–Crippen LogP) is 1.30. The smallest absolute Gasteiger partial charge is 0.164 e. The van der Waals surface area contributed by atoms with Crippen molar-refractivity contribution in [3.8, 4) is 17.2 Å². The molecule has 4 heteroatoms. The molecule has 0 saturated carbocycles. The van der Waals surface area contributed by atoms with Crippen LogP contribution in [0.4, 0.5) is 0 Å². The molecule has 84 valence electrons. The van der Waals surface area contributed by atoms with Gasteiger partial charge in [-0.05, 0) is 25.0 Å². The number of methoxy groups -OCH3 is 2. The second kappa shape index (κ2) is 4.89. The molecule has 1 aromatic rings. The van der Waals surface area contributed by atoms with Crippen molar-refractivity contribution in [3.63, 3.8) is 0 Å². The number of phenols is 1. The van der Waals surface area contributed by atoms with Crippen molar-refractivity contribution < 1.29 is 14.6 Å². The lowest BCUT2D eigenvalue weighted by molar-refractivity contribution is 0.362. The van der Waals surface area contributed by atoms with Gasteiger partial charge in [-0.2, -0.15) is 0 Å². The molecular weight excluding hydrogens is 194 g/mol. The summed E-state index contributed by atoms with van der Waals surface area (Å²) >= 11 is 0. The summed E-state index contributed by atoms with van der Waals surface area (Å²) < 4.78 is 10.2. The first kappa shape index (κ1) is 11.7. The average Bonchev–Trinajstić information content (AvgIpc) is 2.17. The largest absolute Gasteiger partial charge is 0.504 e. The molecule has 0 heterocycles. The highest BCUT2D eigenvalue weighted by atomic mass is 16.5. The maximum atomic E-state index is 9.60. The lowest BCUT2D eigenvalue weighted by Crippen LogP contribution is -2.18. The summed E-state index contributed by atoms with van der Waals surface area (Å²) in [7, 11) is 3.08. The Balaban J connectivity index is 3.09. The molecule has 0 spiro atoms. The summed E-state index contributed by atoms with van der Waals surface area (Å²) in [5, 5.41) is 9.60. The molecule has 0 amide bonds. The maximum absolute atomic E-state index is 9.60. The van der Waals surface area contributed by atoms with Gasteiger partial charge in [-0.3, -0.25) is 0 Å². The Morgan fingerprint density at radius 3 is 2.33 bits per heavy atom. The third kappa shape index (κ3) is 2.76. The Hall–Kier alpha value is -1.42. The maximum Gasteiger partial charge on any atom is 0.164 e. The fourth-order valence-corrected chi connectivity index (χ4v) is 1.45. The molecular formula is C11H17NO3. The topological polar surface area (TPSA) is 64.7 Å². The van der Waals surface area contributed by atoms with Gasteiger partial charge in [0.25, 0.3) is 0 Å². The summed E-state index contributed by atoms with van der Waals surface area (Å²) in [5.74, 6) is 1.19. The second-order valence-corrected chi connectivity index (χ2v) is 3.52. The summed E-state index contributed by atoms with van der Waals surface area (Å²) in [4.78, 5) is 0. The van der Waals surface area contributed by atoms with E-state index in [0.717, 1.165) is 5.56 Å². The molecule has 1 atom stereocenters. The molecule has 1 unspecified atom stereocenters. The van der Waals surface area contributed by atoms with Crippen molar-refractivity contribution in [1.29, 1.82) is 0 Å². The van der Waals surface area contributed by atoms with E-state index in [-0.39, 0.29) is 11.8 Å². The lowest BCUT2D eigenvalue weighted by Gasteiger charge is -2.13. The Morgan fingerprint density at radius 2 is 1.87 bits per heavy atom. The third-order valence-corrected chi connectivity index (χ3v) is 2.12. The highest BCUT2D eigenvalue weighted by Gasteiger charge is 2.11. The molecule has 15 heavy (non-hydrogen) atoms. The Kier molecular flexibility index (Phi) is 3.80. The van der Waals surface area contributed by atoms with Crippen LogP contribution in [0.2, 0.25) is 0 Å². The number of ether oxygens (including phenoxy) is 2. The van der Waals surface area contributed by atoms with E-state index in [4.69, 9.17) is 15.2 Å². The molecule has 4 nitrogen and oxygen atoms in total. The Bertz CT molecular complexity index is 337. The van der Waals surface area contributed by atoms with Crippen molar-refractivity contribution in [2.24, 2.45) is 5.73 Å². The molecule has 0 aromatic heterocycles. The van der Waals surface area contributed by atoms with Crippen molar-refractivity contribution in [1.82, 2.24) is 0 Å². The van der Waals surface area contributed by atoms with Gasteiger partial charge in [0.05, 0.1) is 14.2 Å². The zero-order valence-electron chi connectivity index (χ0n) is 9.28. The Morgan fingerprint density at radius 1 is 1.27 bits per heavy atom. The predicted molar refractivity (Wildman–Crippen MR) is 58.6 cm³/mol. The van der Waals surface area contributed by atoms with Gasteiger partial charge < -0.3 is 20.3 Å². The Labute approximate surface area is 89.6 Å². The zero-order valence-corrected chi connectivity index (χ0v) is 9.28. The summed E-state index contributed by atoms with van der Waals surface area (Å²) in [6, 6.07) is 3.31. The average molecular weight is 211 g/mol. The van der Waals surface area contributed by atoms with Gasteiger partial charge >= 0.3 is 0 Å². The number of hydrogen-bond acceptors (Lipinski definition) is 4. The van der Waals surface area contributed by atoms with E-state index in [1.807, 2.05) is 6.92 Å². The van der Waals surface area contributed by atoms with Gasteiger partial charge in [-0.1, -0.05) is 0 Å². The number of hydrogen-bond donors (Lipinski definition) is 2. The molecule has 3 N–H and O–H groups in total. The first-order chi connectivity index (χ1) is 7.08. The molecule has 0 saturated heterocycles. The third-order valence-electron chi connectivity index (χ3n) is 2.12. The summed E-state index contributed by atoms with van der Waals surface area (Å²) in [5.41, 5.74) is 6.58. The van der Waals surface area contributed by atoms with Crippen LogP contribution in [-0.2, 0) is 6.42 Å². The fourth-order valence-electron chi connectivity index (χ4n) is 1.45. The van der Waals surface area contributed by atoms with Crippen molar-refractivity contribution in [3.05, 3.63) is 17.7 Å². The fraction of sp³-hybridized carbons (Fsp3) is 0.455. The van der Waals surface area contributed by atoms with Crippen LogP contribution in [0.3, 0.4) is 0 Å². The van der Waals surface area contributed by atoms with Crippen LogP contribution < -0.4 is 15.2 Å². The van der Waals surface area contributed by atoms with E-state index in [2.05, 4.69) is 0 Å². The van der Waals surface area contributed by atoms with Gasteiger partial charge in [-0.15, -0.1) is 0 Å². The first-order valence-corrected chi connectivity index (χ1v) is 4.78. The van der Waals surface area contributed by atoms with Crippen molar-refractivity contribution >= 4 is 0 Å². The molecule has 0 radical (unpaired) electrons. The van der Waals surface area contributed by atoms with Gasteiger partial charge in [0.15, 0.2) is 11.5 Å². The molecule has 0 fully saturated rings. The molecule has 1 rings (SSSR count). The highest BCUT2D eigenvalue weighted by Crippen LogP contribution is 2.34. The zero-order chi connectivity index (χ0) is 11.4. The van der Waals surface area contributed by atoms with E-state index in [1.54, 1.807) is 19.2 Å². The minimum absolute atomic E-state index is 0.0201. The van der Waals surface area contributed by atoms with E-state index < -0.39 is 0 Å². The molecule has 0 aliphatic heterocycles. The van der Waals surface area contributed by atoms with E-state index >= 15 is 0 Å². The molecule has 0 aliphatic rings. The van der Waals surface area contributed by atoms with Gasteiger partial charge in [-0.25, -0.2) is 0 Å². The number of rotatable bonds is 4. The van der Waals surface area contributed by atoms with E-state index in [1.165, 1.54) is 7.11 Å². The quantitative estimate of drug-likeness (QED) is 0.787. The van der Waals surface area contributed by atoms with Crippen molar-refractivity contribution in [2.45, 2.75) is 19.4 Å². The van der Waals surface area contributed by atoms with Crippen LogP contribution in [0, 0.1) is 0 Å². The molecule has 1 aromatic carbocycles. The monoisotopic (exact) mass is 211 g/mol.